The minimum atomic E-state index is -0.550. The lowest BCUT2D eigenvalue weighted by Crippen LogP contribution is -2.04. The zero-order chi connectivity index (χ0) is 13.5. The van der Waals surface area contributed by atoms with E-state index in [1.54, 1.807) is 38.3 Å². The lowest BCUT2D eigenvalue weighted by atomic mass is 10.1. The van der Waals surface area contributed by atoms with Crippen LogP contribution in [-0.4, -0.2) is 25.5 Å². The first kappa shape index (κ1) is 14.4. The quantitative estimate of drug-likeness (QED) is 0.476. The van der Waals surface area contributed by atoms with Gasteiger partial charge in [-0.2, -0.15) is 0 Å². The van der Waals surface area contributed by atoms with Crippen LogP contribution in [0.25, 0.3) is 0 Å². The molecule has 0 N–H and O–H groups in total. The summed E-state index contributed by atoms with van der Waals surface area (Å²) in [6.07, 6.45) is 1.12. The summed E-state index contributed by atoms with van der Waals surface area (Å²) < 4.78 is 9.87. The summed E-state index contributed by atoms with van der Waals surface area (Å²) in [6.45, 7) is 1.97. The summed E-state index contributed by atoms with van der Waals surface area (Å²) in [4.78, 5) is 23.1. The first-order valence-electron chi connectivity index (χ1n) is 5.31. The van der Waals surface area contributed by atoms with Crippen molar-refractivity contribution >= 4 is 27.7 Å². The highest BCUT2D eigenvalue weighted by atomic mass is 79.9. The molecule has 0 amide bonds. The van der Waals surface area contributed by atoms with Gasteiger partial charge in [-0.3, -0.25) is 4.79 Å². The van der Waals surface area contributed by atoms with Gasteiger partial charge in [-0.15, -0.1) is 0 Å². The Balaban J connectivity index is 2.82. The van der Waals surface area contributed by atoms with Gasteiger partial charge in [0, 0.05) is 11.6 Å². The van der Waals surface area contributed by atoms with Crippen molar-refractivity contribution in [1.29, 1.82) is 0 Å². The summed E-state index contributed by atoms with van der Waals surface area (Å²) in [6, 6.07) is 6.61. The molecule has 0 radical (unpaired) electrons. The second-order valence-corrected chi connectivity index (χ2v) is 4.16. The molecular weight excluding hydrogens is 300 g/mol. The van der Waals surface area contributed by atoms with E-state index in [2.05, 4.69) is 15.9 Å². The van der Waals surface area contributed by atoms with Gasteiger partial charge in [0.15, 0.2) is 5.78 Å². The second kappa shape index (κ2) is 6.96. The molecule has 0 heterocycles. The largest absolute Gasteiger partial charge is 0.497 e. The Morgan fingerprint density at radius 3 is 2.39 bits per heavy atom. The third-order valence-electron chi connectivity index (χ3n) is 2.10. The van der Waals surface area contributed by atoms with E-state index in [1.165, 1.54) is 0 Å². The molecule has 0 spiro atoms. The number of rotatable bonds is 5. The molecule has 5 heteroatoms. The van der Waals surface area contributed by atoms with Gasteiger partial charge in [-0.05, 0) is 47.1 Å². The monoisotopic (exact) mass is 312 g/mol. The van der Waals surface area contributed by atoms with Gasteiger partial charge in [-0.1, -0.05) is 0 Å². The van der Waals surface area contributed by atoms with Crippen LogP contribution in [0.2, 0.25) is 0 Å². The van der Waals surface area contributed by atoms with Gasteiger partial charge < -0.3 is 9.47 Å². The number of carbonyl (C=O) groups excluding carboxylic acids is 2. The van der Waals surface area contributed by atoms with Crippen molar-refractivity contribution in [3.8, 4) is 5.75 Å². The lowest BCUT2D eigenvalue weighted by molar-refractivity contribution is -0.137. The number of halogens is 1. The number of carbonyl (C=O) groups is 2. The topological polar surface area (TPSA) is 52.6 Å². The maximum Gasteiger partial charge on any atom is 0.332 e. The molecule has 0 saturated carbocycles. The van der Waals surface area contributed by atoms with Gasteiger partial charge in [-0.25, -0.2) is 4.79 Å². The Morgan fingerprint density at radius 1 is 1.28 bits per heavy atom. The van der Waals surface area contributed by atoms with Crippen molar-refractivity contribution < 1.29 is 19.1 Å². The van der Waals surface area contributed by atoms with Crippen LogP contribution >= 0.6 is 15.9 Å². The van der Waals surface area contributed by atoms with Gasteiger partial charge in [0.2, 0.25) is 0 Å². The normalized spacial score (nSPS) is 10.9. The number of allylic oxidation sites excluding steroid dienone is 1. The Hall–Kier alpha value is -1.62. The highest BCUT2D eigenvalue weighted by Crippen LogP contribution is 2.17. The fraction of sp³-hybridized carbons (Fsp3) is 0.231. The van der Waals surface area contributed by atoms with Crippen molar-refractivity contribution in [3.63, 3.8) is 0 Å². The first-order chi connectivity index (χ1) is 8.58. The van der Waals surface area contributed by atoms with E-state index in [0.717, 1.165) is 6.08 Å². The molecule has 96 valence electrons. The van der Waals surface area contributed by atoms with Gasteiger partial charge in [0.05, 0.1) is 18.2 Å². The van der Waals surface area contributed by atoms with Crippen molar-refractivity contribution in [3.05, 3.63) is 40.4 Å². The van der Waals surface area contributed by atoms with E-state index in [4.69, 9.17) is 9.47 Å². The number of ketones is 1. The molecule has 1 aromatic carbocycles. The van der Waals surface area contributed by atoms with Crippen LogP contribution in [0.1, 0.15) is 17.3 Å². The van der Waals surface area contributed by atoms with Crippen LogP contribution < -0.4 is 4.74 Å². The van der Waals surface area contributed by atoms with Crippen molar-refractivity contribution in [2.75, 3.05) is 13.7 Å². The van der Waals surface area contributed by atoms with Crippen LogP contribution in [-0.2, 0) is 9.53 Å². The van der Waals surface area contributed by atoms with Gasteiger partial charge in [0.25, 0.3) is 0 Å². The van der Waals surface area contributed by atoms with Crippen LogP contribution in [0.5, 0.6) is 5.75 Å². The summed E-state index contributed by atoms with van der Waals surface area (Å²) in [7, 11) is 1.55. The average molecular weight is 313 g/mol. The minimum Gasteiger partial charge on any atom is -0.497 e. The van der Waals surface area contributed by atoms with Crippen LogP contribution in [0.3, 0.4) is 0 Å². The zero-order valence-electron chi connectivity index (χ0n) is 10.1. The number of methoxy groups -OCH3 is 1. The first-order valence-corrected chi connectivity index (χ1v) is 6.10. The van der Waals surface area contributed by atoms with Crippen LogP contribution in [0.4, 0.5) is 0 Å². The molecular formula is C13H13BrO4. The molecule has 1 rings (SSSR count). The molecule has 0 unspecified atom stereocenters. The van der Waals surface area contributed by atoms with E-state index in [0.29, 0.717) is 11.3 Å². The Labute approximate surface area is 114 Å². The number of benzene rings is 1. The number of hydrogen-bond acceptors (Lipinski definition) is 4. The van der Waals surface area contributed by atoms with Crippen LogP contribution in [0, 0.1) is 0 Å². The van der Waals surface area contributed by atoms with E-state index < -0.39 is 5.97 Å². The van der Waals surface area contributed by atoms with E-state index in [9.17, 15) is 9.59 Å². The molecule has 18 heavy (non-hydrogen) atoms. The summed E-state index contributed by atoms with van der Waals surface area (Å²) in [5.41, 5.74) is 0.461. The number of hydrogen-bond donors (Lipinski definition) is 0. The van der Waals surface area contributed by atoms with Crippen LogP contribution in [0.15, 0.2) is 34.8 Å². The summed E-state index contributed by atoms with van der Waals surface area (Å²) in [5.74, 6) is -0.172. The molecule has 4 nitrogen and oxygen atoms in total. The molecule has 0 aliphatic rings. The SMILES string of the molecule is CCOC(=O)C=C(Br)C(=O)c1ccc(OC)cc1. The standard InChI is InChI=1S/C13H13BrO4/c1-3-18-12(15)8-11(14)13(16)9-4-6-10(17-2)7-5-9/h4-8H,3H2,1-2H3. The molecule has 1 aromatic rings. The predicted octanol–water partition coefficient (Wildman–Crippen LogP) is 2.72. The summed E-state index contributed by atoms with van der Waals surface area (Å²) in [5, 5.41) is 0. The number of ether oxygens (including phenoxy) is 2. The van der Waals surface area contributed by atoms with E-state index in [1.807, 2.05) is 0 Å². The third kappa shape index (κ3) is 4.00. The van der Waals surface area contributed by atoms with Gasteiger partial charge in [0.1, 0.15) is 5.75 Å². The maximum absolute atomic E-state index is 11.9. The Bertz CT molecular complexity index is 462. The lowest BCUT2D eigenvalue weighted by Gasteiger charge is -2.02. The second-order valence-electron chi connectivity index (χ2n) is 3.30. The Morgan fingerprint density at radius 2 is 1.89 bits per heavy atom. The number of Topliss-reactive ketones (excluding diaryl/α,β-unsaturated/α-hetero) is 1. The van der Waals surface area contributed by atoms with E-state index in [-0.39, 0.29) is 16.9 Å². The zero-order valence-corrected chi connectivity index (χ0v) is 11.7. The number of esters is 1. The Kier molecular flexibility index (Phi) is 5.58. The average Bonchev–Trinajstić information content (AvgIpc) is 2.38. The summed E-state index contributed by atoms with van der Waals surface area (Å²) >= 11 is 3.07. The van der Waals surface area contributed by atoms with Crippen molar-refractivity contribution in [1.82, 2.24) is 0 Å². The van der Waals surface area contributed by atoms with Crippen molar-refractivity contribution in [2.45, 2.75) is 6.92 Å². The molecule has 0 aromatic heterocycles. The van der Waals surface area contributed by atoms with Crippen molar-refractivity contribution in [2.24, 2.45) is 0 Å². The van der Waals surface area contributed by atoms with Gasteiger partial charge >= 0.3 is 5.97 Å². The molecule has 0 aliphatic carbocycles. The highest BCUT2D eigenvalue weighted by Gasteiger charge is 2.11. The molecule has 0 fully saturated rings. The molecule has 0 bridgehead atoms. The molecule has 0 saturated heterocycles. The highest BCUT2D eigenvalue weighted by molar-refractivity contribution is 9.12. The fourth-order valence-electron chi connectivity index (χ4n) is 1.23. The van der Waals surface area contributed by atoms with E-state index >= 15 is 0 Å². The fourth-order valence-corrected chi connectivity index (χ4v) is 1.65. The predicted molar refractivity (Wildman–Crippen MR) is 71.0 cm³/mol. The molecule has 0 aliphatic heterocycles. The maximum atomic E-state index is 11.9. The minimum absolute atomic E-state index is 0.158. The molecule has 0 atom stereocenters. The smallest absolute Gasteiger partial charge is 0.332 e. The third-order valence-corrected chi connectivity index (χ3v) is 2.69.